The molecule has 1 rings (SSSR count). The molecule has 2 atom stereocenters. The van der Waals surface area contributed by atoms with E-state index >= 15 is 0 Å². The standard InChI is InChI=1S/C11H15N3O3/c1-7(12)10(15)14-9(11(16)17)5-8-3-2-4-13-6-8/h2-4,6-7,9H,5,12H2,1H3,(H,14,15)(H,16,17)/t7-,9+/m1/s1. The zero-order chi connectivity index (χ0) is 12.8. The van der Waals surface area contributed by atoms with Gasteiger partial charge in [0.15, 0.2) is 0 Å². The molecule has 4 N–H and O–H groups in total. The number of carbonyl (C=O) groups excluding carboxylic acids is 1. The molecule has 0 unspecified atom stereocenters. The van der Waals surface area contributed by atoms with Gasteiger partial charge in [-0.25, -0.2) is 4.79 Å². The van der Waals surface area contributed by atoms with Gasteiger partial charge in [-0.1, -0.05) is 6.07 Å². The van der Waals surface area contributed by atoms with Crippen molar-refractivity contribution in [1.29, 1.82) is 0 Å². The quantitative estimate of drug-likeness (QED) is 0.642. The molecule has 0 fully saturated rings. The van der Waals surface area contributed by atoms with Crippen LogP contribution in [-0.4, -0.2) is 34.1 Å². The molecule has 0 aliphatic carbocycles. The van der Waals surface area contributed by atoms with Gasteiger partial charge in [0.25, 0.3) is 0 Å². The van der Waals surface area contributed by atoms with E-state index in [1.54, 1.807) is 24.5 Å². The molecule has 0 saturated heterocycles. The molecule has 0 bridgehead atoms. The Morgan fingerprint density at radius 1 is 1.59 bits per heavy atom. The minimum Gasteiger partial charge on any atom is -0.480 e. The van der Waals surface area contributed by atoms with E-state index in [2.05, 4.69) is 10.3 Å². The molecule has 1 amide bonds. The summed E-state index contributed by atoms with van der Waals surface area (Å²) >= 11 is 0. The third-order valence-corrected chi connectivity index (χ3v) is 2.19. The number of aromatic nitrogens is 1. The van der Waals surface area contributed by atoms with Crippen LogP contribution in [0.25, 0.3) is 0 Å². The Kier molecular flexibility index (Phi) is 4.59. The van der Waals surface area contributed by atoms with Crippen molar-refractivity contribution in [2.45, 2.75) is 25.4 Å². The highest BCUT2D eigenvalue weighted by molar-refractivity contribution is 5.86. The lowest BCUT2D eigenvalue weighted by Gasteiger charge is -2.15. The third kappa shape index (κ3) is 4.20. The fourth-order valence-electron chi connectivity index (χ4n) is 1.26. The maximum atomic E-state index is 11.3. The van der Waals surface area contributed by atoms with Gasteiger partial charge in [0.05, 0.1) is 6.04 Å². The van der Waals surface area contributed by atoms with Gasteiger partial charge in [-0.15, -0.1) is 0 Å². The van der Waals surface area contributed by atoms with Crippen molar-refractivity contribution in [3.63, 3.8) is 0 Å². The minimum atomic E-state index is -1.09. The summed E-state index contributed by atoms with van der Waals surface area (Å²) in [5.41, 5.74) is 6.10. The molecule has 0 saturated carbocycles. The summed E-state index contributed by atoms with van der Waals surface area (Å²) in [7, 11) is 0. The molecule has 92 valence electrons. The molecule has 0 radical (unpaired) electrons. The summed E-state index contributed by atoms with van der Waals surface area (Å²) in [6.07, 6.45) is 3.34. The van der Waals surface area contributed by atoms with Gasteiger partial charge in [-0.05, 0) is 18.6 Å². The van der Waals surface area contributed by atoms with Gasteiger partial charge in [-0.2, -0.15) is 0 Å². The van der Waals surface area contributed by atoms with Crippen LogP contribution in [0.4, 0.5) is 0 Å². The van der Waals surface area contributed by atoms with Crippen molar-refractivity contribution < 1.29 is 14.7 Å². The van der Waals surface area contributed by atoms with E-state index in [1.807, 2.05) is 0 Å². The highest BCUT2D eigenvalue weighted by atomic mass is 16.4. The second kappa shape index (κ2) is 5.95. The number of pyridine rings is 1. The first-order chi connectivity index (χ1) is 8.00. The topological polar surface area (TPSA) is 105 Å². The fraction of sp³-hybridized carbons (Fsp3) is 0.364. The summed E-state index contributed by atoms with van der Waals surface area (Å²) in [5, 5.41) is 11.4. The van der Waals surface area contributed by atoms with E-state index in [9.17, 15) is 9.59 Å². The number of rotatable bonds is 5. The molecule has 6 nitrogen and oxygen atoms in total. The van der Waals surface area contributed by atoms with Crippen LogP contribution in [0.2, 0.25) is 0 Å². The molecule has 1 heterocycles. The molecule has 17 heavy (non-hydrogen) atoms. The number of nitrogens with two attached hydrogens (primary N) is 1. The number of nitrogens with zero attached hydrogens (tertiary/aromatic N) is 1. The molecule has 6 heteroatoms. The largest absolute Gasteiger partial charge is 0.480 e. The van der Waals surface area contributed by atoms with E-state index < -0.39 is 24.0 Å². The molecule has 0 aromatic carbocycles. The molecule has 1 aromatic rings. The normalized spacial score (nSPS) is 13.8. The SMILES string of the molecule is C[C@@H](N)C(=O)N[C@@H](Cc1cccnc1)C(=O)O. The molecule has 1 aromatic heterocycles. The first-order valence-electron chi connectivity index (χ1n) is 5.18. The van der Waals surface area contributed by atoms with Crippen LogP contribution in [0, 0.1) is 0 Å². The van der Waals surface area contributed by atoms with Gasteiger partial charge in [-0.3, -0.25) is 9.78 Å². The number of nitrogens with one attached hydrogen (secondary N) is 1. The fourth-order valence-corrected chi connectivity index (χ4v) is 1.26. The zero-order valence-electron chi connectivity index (χ0n) is 9.46. The van der Waals surface area contributed by atoms with Gasteiger partial charge >= 0.3 is 5.97 Å². The second-order valence-electron chi connectivity index (χ2n) is 3.75. The van der Waals surface area contributed by atoms with E-state index in [4.69, 9.17) is 10.8 Å². The van der Waals surface area contributed by atoms with E-state index in [0.29, 0.717) is 0 Å². The number of aliphatic carboxylic acids is 1. The van der Waals surface area contributed by atoms with Gasteiger partial charge < -0.3 is 16.2 Å². The first kappa shape index (κ1) is 13.1. The number of hydrogen-bond donors (Lipinski definition) is 3. The lowest BCUT2D eigenvalue weighted by molar-refractivity contribution is -0.141. The zero-order valence-corrected chi connectivity index (χ0v) is 9.46. The van der Waals surface area contributed by atoms with Gasteiger partial charge in [0.1, 0.15) is 6.04 Å². The van der Waals surface area contributed by atoms with Crippen LogP contribution in [-0.2, 0) is 16.0 Å². The van der Waals surface area contributed by atoms with Crippen molar-refractivity contribution in [1.82, 2.24) is 10.3 Å². The van der Waals surface area contributed by atoms with Crippen LogP contribution >= 0.6 is 0 Å². The average Bonchev–Trinajstić information content (AvgIpc) is 2.29. The number of carboxylic acids is 1. The molecule has 0 aliphatic heterocycles. The lowest BCUT2D eigenvalue weighted by atomic mass is 10.1. The molecular formula is C11H15N3O3. The maximum absolute atomic E-state index is 11.3. The number of hydrogen-bond acceptors (Lipinski definition) is 4. The highest BCUT2D eigenvalue weighted by Crippen LogP contribution is 2.02. The summed E-state index contributed by atoms with van der Waals surface area (Å²) in [5.74, 6) is -1.58. The summed E-state index contributed by atoms with van der Waals surface area (Å²) in [6, 6.07) is 1.74. The maximum Gasteiger partial charge on any atom is 0.326 e. The van der Waals surface area contributed by atoms with Crippen molar-refractivity contribution in [2.24, 2.45) is 5.73 Å². The lowest BCUT2D eigenvalue weighted by Crippen LogP contribution is -2.48. The highest BCUT2D eigenvalue weighted by Gasteiger charge is 2.21. The van der Waals surface area contributed by atoms with E-state index in [-0.39, 0.29) is 6.42 Å². The molecule has 0 aliphatic rings. The number of carboxylic acid groups (broad SMARTS) is 1. The Morgan fingerprint density at radius 3 is 2.76 bits per heavy atom. The van der Waals surface area contributed by atoms with Crippen LogP contribution in [0.1, 0.15) is 12.5 Å². The van der Waals surface area contributed by atoms with Crippen LogP contribution in [0.15, 0.2) is 24.5 Å². The second-order valence-corrected chi connectivity index (χ2v) is 3.75. The summed E-state index contributed by atoms with van der Waals surface area (Å²) < 4.78 is 0. The Bertz CT molecular complexity index is 392. The van der Waals surface area contributed by atoms with Gasteiger partial charge in [0.2, 0.25) is 5.91 Å². The van der Waals surface area contributed by atoms with Crippen molar-refractivity contribution >= 4 is 11.9 Å². The van der Waals surface area contributed by atoms with Crippen molar-refractivity contribution in [3.8, 4) is 0 Å². The molecular weight excluding hydrogens is 222 g/mol. The van der Waals surface area contributed by atoms with Gasteiger partial charge in [0, 0.05) is 18.8 Å². The van der Waals surface area contributed by atoms with Crippen molar-refractivity contribution in [2.75, 3.05) is 0 Å². The van der Waals surface area contributed by atoms with Crippen LogP contribution in [0.3, 0.4) is 0 Å². The Labute approximate surface area is 98.8 Å². The molecule has 0 spiro atoms. The Balaban J connectivity index is 2.68. The Hall–Kier alpha value is -1.95. The number of amides is 1. The third-order valence-electron chi connectivity index (χ3n) is 2.19. The summed E-state index contributed by atoms with van der Waals surface area (Å²) in [4.78, 5) is 26.2. The number of carbonyl (C=O) groups is 2. The van der Waals surface area contributed by atoms with E-state index in [1.165, 1.54) is 6.92 Å². The monoisotopic (exact) mass is 237 g/mol. The summed E-state index contributed by atoms with van der Waals surface area (Å²) in [6.45, 7) is 1.50. The smallest absolute Gasteiger partial charge is 0.326 e. The predicted octanol–water partition coefficient (Wildman–Crippen LogP) is -0.459. The van der Waals surface area contributed by atoms with Crippen LogP contribution < -0.4 is 11.1 Å². The minimum absolute atomic E-state index is 0.182. The first-order valence-corrected chi connectivity index (χ1v) is 5.18. The van der Waals surface area contributed by atoms with Crippen LogP contribution in [0.5, 0.6) is 0 Å². The Morgan fingerprint density at radius 2 is 2.29 bits per heavy atom. The predicted molar refractivity (Wildman–Crippen MR) is 61.2 cm³/mol. The van der Waals surface area contributed by atoms with Crippen molar-refractivity contribution in [3.05, 3.63) is 30.1 Å². The average molecular weight is 237 g/mol. The van der Waals surface area contributed by atoms with E-state index in [0.717, 1.165) is 5.56 Å².